The second-order valence-electron chi connectivity index (χ2n) is 6.93. The Hall–Kier alpha value is -3.35. The highest BCUT2D eigenvalue weighted by Crippen LogP contribution is 2.22. The maximum absolute atomic E-state index is 12.2. The van der Waals surface area contributed by atoms with Gasteiger partial charge in [0.25, 0.3) is 5.91 Å². The monoisotopic (exact) mass is 374 g/mol. The van der Waals surface area contributed by atoms with E-state index in [0.29, 0.717) is 5.82 Å². The van der Waals surface area contributed by atoms with Gasteiger partial charge in [0.1, 0.15) is 6.54 Å². The number of hydrogen-bond acceptors (Lipinski definition) is 5. The van der Waals surface area contributed by atoms with Crippen LogP contribution in [-0.2, 0) is 24.2 Å². The van der Waals surface area contributed by atoms with Gasteiger partial charge in [-0.25, -0.2) is 5.43 Å². The highest BCUT2D eigenvalue weighted by Gasteiger charge is 2.11. The molecule has 1 heterocycles. The molecule has 0 radical (unpaired) electrons. The third kappa shape index (κ3) is 4.14. The molecule has 0 aliphatic heterocycles. The summed E-state index contributed by atoms with van der Waals surface area (Å²) in [6.07, 6.45) is 4.76. The maximum Gasteiger partial charge on any atom is 0.263 e. The zero-order chi connectivity index (χ0) is 19.3. The van der Waals surface area contributed by atoms with Crippen molar-refractivity contribution in [1.29, 1.82) is 0 Å². The van der Waals surface area contributed by atoms with Gasteiger partial charge in [0.2, 0.25) is 5.82 Å². The summed E-state index contributed by atoms with van der Waals surface area (Å²) in [7, 11) is 0. The molecule has 7 heteroatoms. The van der Waals surface area contributed by atoms with Crippen LogP contribution in [-0.4, -0.2) is 31.8 Å². The second kappa shape index (κ2) is 8.12. The van der Waals surface area contributed by atoms with Gasteiger partial charge >= 0.3 is 0 Å². The summed E-state index contributed by atoms with van der Waals surface area (Å²) in [4.78, 5) is 13.4. The molecule has 1 aliphatic rings. The average molecular weight is 374 g/mol. The lowest BCUT2D eigenvalue weighted by Gasteiger charge is -2.16. The fraction of sp³-hybridized carbons (Fsp3) is 0.286. The summed E-state index contributed by atoms with van der Waals surface area (Å²) in [6.45, 7) is 1.85. The standard InChI is InChI=1S/C21H22N6O/c1-15(18-12-11-16-7-5-6-10-19(16)13-18)22-23-20(28)14-27-25-21(24-26-27)17-8-3-2-4-9-17/h2-4,8-9,11-13H,5-7,10,14H2,1H3,(H,23,28). The van der Waals surface area contributed by atoms with Crippen molar-refractivity contribution in [3.05, 3.63) is 65.2 Å². The first-order valence-corrected chi connectivity index (χ1v) is 9.47. The molecule has 0 spiro atoms. The first-order valence-electron chi connectivity index (χ1n) is 9.47. The number of rotatable bonds is 5. The number of nitrogens with one attached hydrogen (secondary N) is 1. The average Bonchev–Trinajstić information content (AvgIpc) is 3.20. The number of benzene rings is 2. The first kappa shape index (κ1) is 18.0. The van der Waals surface area contributed by atoms with Crippen LogP contribution < -0.4 is 5.43 Å². The SMILES string of the molecule is CC(=NNC(=O)Cn1nnc(-c2ccccc2)n1)c1ccc2c(c1)CCCC2. The van der Waals surface area contributed by atoms with Crippen LogP contribution in [0, 0.1) is 0 Å². The normalized spacial score (nSPS) is 13.8. The van der Waals surface area contributed by atoms with Crippen molar-refractivity contribution in [2.24, 2.45) is 5.10 Å². The highest BCUT2D eigenvalue weighted by atomic mass is 16.2. The molecule has 0 atom stereocenters. The largest absolute Gasteiger partial charge is 0.271 e. The Morgan fingerprint density at radius 1 is 1.11 bits per heavy atom. The van der Waals surface area contributed by atoms with Gasteiger partial charge in [-0.2, -0.15) is 9.90 Å². The zero-order valence-corrected chi connectivity index (χ0v) is 15.8. The number of amides is 1. The van der Waals surface area contributed by atoms with Crippen LogP contribution >= 0.6 is 0 Å². The van der Waals surface area contributed by atoms with Gasteiger partial charge in [-0.05, 0) is 60.6 Å². The molecule has 0 saturated heterocycles. The van der Waals surface area contributed by atoms with Crippen molar-refractivity contribution < 1.29 is 4.79 Å². The molecule has 4 rings (SSSR count). The van der Waals surface area contributed by atoms with Crippen LogP contribution in [0.25, 0.3) is 11.4 Å². The smallest absolute Gasteiger partial charge is 0.263 e. The first-order chi connectivity index (χ1) is 13.7. The van der Waals surface area contributed by atoms with Gasteiger partial charge in [-0.3, -0.25) is 4.79 Å². The molecule has 3 aromatic rings. The predicted molar refractivity (Wildman–Crippen MR) is 107 cm³/mol. The zero-order valence-electron chi connectivity index (χ0n) is 15.8. The Morgan fingerprint density at radius 3 is 2.71 bits per heavy atom. The van der Waals surface area contributed by atoms with E-state index in [1.165, 1.54) is 28.8 Å². The summed E-state index contributed by atoms with van der Waals surface area (Å²) >= 11 is 0. The van der Waals surface area contributed by atoms with E-state index in [1.54, 1.807) is 0 Å². The van der Waals surface area contributed by atoms with Crippen LogP contribution in [0.1, 0.15) is 36.5 Å². The van der Waals surface area contributed by atoms with Gasteiger partial charge in [-0.15, -0.1) is 10.2 Å². The van der Waals surface area contributed by atoms with Gasteiger partial charge in [0.15, 0.2) is 0 Å². The third-order valence-electron chi connectivity index (χ3n) is 4.88. The molecule has 2 aromatic carbocycles. The van der Waals surface area contributed by atoms with Crippen molar-refractivity contribution in [3.63, 3.8) is 0 Å². The molecular formula is C21H22N6O. The molecule has 0 unspecified atom stereocenters. The van der Waals surface area contributed by atoms with E-state index in [9.17, 15) is 4.79 Å². The molecule has 0 fully saturated rings. The van der Waals surface area contributed by atoms with E-state index < -0.39 is 0 Å². The molecule has 1 amide bonds. The summed E-state index contributed by atoms with van der Waals surface area (Å²) in [5.74, 6) is 0.191. The maximum atomic E-state index is 12.2. The van der Waals surface area contributed by atoms with Crippen molar-refractivity contribution in [3.8, 4) is 11.4 Å². The van der Waals surface area contributed by atoms with Crippen molar-refractivity contribution in [1.82, 2.24) is 25.6 Å². The lowest BCUT2D eigenvalue weighted by molar-refractivity contribution is -0.122. The number of fused-ring (bicyclic) bond motifs is 1. The second-order valence-corrected chi connectivity index (χ2v) is 6.93. The quantitative estimate of drug-likeness (QED) is 0.550. The number of hydrogen-bond donors (Lipinski definition) is 1. The molecule has 1 N–H and O–H groups in total. The predicted octanol–water partition coefficient (Wildman–Crippen LogP) is 2.76. The minimum atomic E-state index is -0.297. The van der Waals surface area contributed by atoms with E-state index in [4.69, 9.17) is 0 Å². The Labute approximate surface area is 163 Å². The van der Waals surface area contributed by atoms with Gasteiger partial charge in [-0.1, -0.05) is 42.5 Å². The van der Waals surface area contributed by atoms with E-state index in [0.717, 1.165) is 29.7 Å². The van der Waals surface area contributed by atoms with E-state index >= 15 is 0 Å². The van der Waals surface area contributed by atoms with E-state index in [1.807, 2.05) is 37.3 Å². The van der Waals surface area contributed by atoms with Gasteiger partial charge < -0.3 is 0 Å². The lowest BCUT2D eigenvalue weighted by Crippen LogP contribution is -2.25. The van der Waals surface area contributed by atoms with Crippen LogP contribution in [0.4, 0.5) is 0 Å². The minimum Gasteiger partial charge on any atom is -0.271 e. The van der Waals surface area contributed by atoms with E-state index in [2.05, 4.69) is 44.1 Å². The van der Waals surface area contributed by atoms with E-state index in [-0.39, 0.29) is 12.5 Å². The number of carbonyl (C=O) groups excluding carboxylic acids is 1. The number of nitrogens with zero attached hydrogens (tertiary/aromatic N) is 5. The topological polar surface area (TPSA) is 85.1 Å². The fourth-order valence-corrected chi connectivity index (χ4v) is 3.35. The molecule has 28 heavy (non-hydrogen) atoms. The number of tetrazole rings is 1. The lowest BCUT2D eigenvalue weighted by atomic mass is 9.90. The minimum absolute atomic E-state index is 0.0409. The molecule has 0 saturated carbocycles. The summed E-state index contributed by atoms with van der Waals surface area (Å²) in [5, 5.41) is 16.4. The van der Waals surface area contributed by atoms with Crippen molar-refractivity contribution in [2.75, 3.05) is 0 Å². The molecule has 1 aliphatic carbocycles. The molecule has 142 valence electrons. The van der Waals surface area contributed by atoms with Crippen LogP contribution in [0.3, 0.4) is 0 Å². The number of carbonyl (C=O) groups is 1. The Bertz CT molecular complexity index is 1010. The number of aromatic nitrogens is 4. The Kier molecular flexibility index (Phi) is 5.23. The molecule has 1 aromatic heterocycles. The summed E-state index contributed by atoms with van der Waals surface area (Å²) < 4.78 is 0. The number of hydrazone groups is 1. The molecular weight excluding hydrogens is 352 g/mol. The molecule has 0 bridgehead atoms. The molecule has 7 nitrogen and oxygen atoms in total. The summed E-state index contributed by atoms with van der Waals surface area (Å²) in [5.41, 5.74) is 8.07. The van der Waals surface area contributed by atoms with Gasteiger partial charge in [0, 0.05) is 5.56 Å². The van der Waals surface area contributed by atoms with Crippen molar-refractivity contribution in [2.45, 2.75) is 39.2 Å². The van der Waals surface area contributed by atoms with Crippen molar-refractivity contribution >= 4 is 11.6 Å². The van der Waals surface area contributed by atoms with Crippen LogP contribution in [0.5, 0.6) is 0 Å². The highest BCUT2D eigenvalue weighted by molar-refractivity contribution is 5.99. The third-order valence-corrected chi connectivity index (χ3v) is 4.88. The Morgan fingerprint density at radius 2 is 1.89 bits per heavy atom. The van der Waals surface area contributed by atoms with Gasteiger partial charge in [0.05, 0.1) is 5.71 Å². The fourth-order valence-electron chi connectivity index (χ4n) is 3.35. The summed E-state index contributed by atoms with van der Waals surface area (Å²) in [6, 6.07) is 16.0. The van der Waals surface area contributed by atoms with Crippen LogP contribution in [0.2, 0.25) is 0 Å². The number of aryl methyl sites for hydroxylation is 2. The van der Waals surface area contributed by atoms with Crippen LogP contribution in [0.15, 0.2) is 53.6 Å². The Balaban J connectivity index is 1.38.